The van der Waals surface area contributed by atoms with E-state index in [0.29, 0.717) is 6.54 Å². The molecule has 1 aliphatic heterocycles. The maximum absolute atomic E-state index is 13.0. The lowest BCUT2D eigenvalue weighted by atomic mass is 10.0. The predicted molar refractivity (Wildman–Crippen MR) is 39.9 cm³/mol. The molecule has 2 unspecified atom stereocenters. The molecule has 1 N–H and O–H groups in total. The minimum Gasteiger partial charge on any atom is -0.314 e. The number of nitrogens with one attached hydrogen (secondary N) is 1. The number of alkyl halides is 1. The molecule has 0 spiro atoms. The highest BCUT2D eigenvalue weighted by molar-refractivity contribution is 4.82. The minimum atomic E-state index is -0.691. The molecular formula is C7H15FN2. The topological polar surface area (TPSA) is 15.3 Å². The molecule has 1 fully saturated rings. The van der Waals surface area contributed by atoms with E-state index in [-0.39, 0.29) is 6.04 Å². The first kappa shape index (κ1) is 7.95. The van der Waals surface area contributed by atoms with Crippen LogP contribution in [-0.4, -0.2) is 44.3 Å². The SMILES string of the molecule is CN(C)C1CCNCC1F. The molecule has 1 rings (SSSR count). The molecule has 1 heterocycles. The van der Waals surface area contributed by atoms with Gasteiger partial charge in [-0.3, -0.25) is 0 Å². The third-order valence-corrected chi connectivity index (χ3v) is 2.04. The van der Waals surface area contributed by atoms with Crippen LogP contribution in [0.15, 0.2) is 0 Å². The highest BCUT2D eigenvalue weighted by atomic mass is 19.1. The molecule has 2 atom stereocenters. The van der Waals surface area contributed by atoms with Gasteiger partial charge in [-0.1, -0.05) is 0 Å². The standard InChI is InChI=1S/C7H15FN2/c1-10(2)7-3-4-9-5-6(7)8/h6-7,9H,3-5H2,1-2H3. The Morgan fingerprint density at radius 3 is 2.60 bits per heavy atom. The molecule has 0 aromatic rings. The number of halogens is 1. The number of hydrogen-bond donors (Lipinski definition) is 1. The number of piperidine rings is 1. The summed E-state index contributed by atoms with van der Waals surface area (Å²) < 4.78 is 13.0. The van der Waals surface area contributed by atoms with Crippen LogP contribution in [0.2, 0.25) is 0 Å². The van der Waals surface area contributed by atoms with Crippen LogP contribution in [0.5, 0.6) is 0 Å². The normalized spacial score (nSPS) is 34.8. The second-order valence-corrected chi connectivity index (χ2v) is 3.04. The Hall–Kier alpha value is -0.150. The van der Waals surface area contributed by atoms with Crippen LogP contribution in [0.4, 0.5) is 4.39 Å². The second-order valence-electron chi connectivity index (χ2n) is 3.04. The zero-order valence-corrected chi connectivity index (χ0v) is 6.60. The van der Waals surface area contributed by atoms with Crippen molar-refractivity contribution in [1.29, 1.82) is 0 Å². The van der Waals surface area contributed by atoms with E-state index in [1.54, 1.807) is 0 Å². The molecule has 2 nitrogen and oxygen atoms in total. The van der Waals surface area contributed by atoms with Crippen LogP contribution in [0, 0.1) is 0 Å². The molecule has 0 aliphatic carbocycles. The van der Waals surface area contributed by atoms with Gasteiger partial charge in [0.05, 0.1) is 0 Å². The van der Waals surface area contributed by atoms with E-state index >= 15 is 0 Å². The third-order valence-electron chi connectivity index (χ3n) is 2.04. The molecule has 0 amide bonds. The van der Waals surface area contributed by atoms with E-state index in [0.717, 1.165) is 13.0 Å². The van der Waals surface area contributed by atoms with Gasteiger partial charge >= 0.3 is 0 Å². The van der Waals surface area contributed by atoms with E-state index in [1.165, 1.54) is 0 Å². The predicted octanol–water partition coefficient (Wildman–Crippen LogP) is 0.248. The van der Waals surface area contributed by atoms with Gasteiger partial charge in [0.1, 0.15) is 6.17 Å². The summed E-state index contributed by atoms with van der Waals surface area (Å²) in [5.41, 5.74) is 0. The zero-order chi connectivity index (χ0) is 7.56. The average molecular weight is 146 g/mol. The molecule has 0 saturated carbocycles. The van der Waals surface area contributed by atoms with Gasteiger partial charge in [0, 0.05) is 12.6 Å². The maximum atomic E-state index is 13.0. The summed E-state index contributed by atoms with van der Waals surface area (Å²) in [6, 6.07) is 0.126. The van der Waals surface area contributed by atoms with Gasteiger partial charge in [0.15, 0.2) is 0 Å². The van der Waals surface area contributed by atoms with Gasteiger partial charge in [-0.15, -0.1) is 0 Å². The Bertz CT molecular complexity index is 106. The molecule has 3 heteroatoms. The Kier molecular flexibility index (Phi) is 2.63. The first-order chi connectivity index (χ1) is 4.72. The summed E-state index contributed by atoms with van der Waals surface area (Å²) in [5.74, 6) is 0. The molecule has 1 aliphatic rings. The molecule has 0 radical (unpaired) electrons. The quantitative estimate of drug-likeness (QED) is 0.570. The maximum Gasteiger partial charge on any atom is 0.128 e. The van der Waals surface area contributed by atoms with Gasteiger partial charge in [-0.05, 0) is 27.1 Å². The summed E-state index contributed by atoms with van der Waals surface area (Å²) in [7, 11) is 3.87. The smallest absolute Gasteiger partial charge is 0.128 e. The lowest BCUT2D eigenvalue weighted by Crippen LogP contribution is -2.48. The fourth-order valence-electron chi connectivity index (χ4n) is 1.39. The first-order valence-electron chi connectivity index (χ1n) is 3.73. The Morgan fingerprint density at radius 1 is 1.50 bits per heavy atom. The monoisotopic (exact) mass is 146 g/mol. The van der Waals surface area contributed by atoms with Crippen molar-refractivity contribution in [2.75, 3.05) is 27.2 Å². The average Bonchev–Trinajstić information content (AvgIpc) is 1.88. The fourth-order valence-corrected chi connectivity index (χ4v) is 1.39. The summed E-state index contributed by atoms with van der Waals surface area (Å²) in [6.07, 6.45) is 0.234. The number of nitrogens with zero attached hydrogens (tertiary/aromatic N) is 1. The van der Waals surface area contributed by atoms with Crippen molar-refractivity contribution in [2.45, 2.75) is 18.6 Å². The van der Waals surface area contributed by atoms with Crippen LogP contribution in [0.3, 0.4) is 0 Å². The lowest BCUT2D eigenvalue weighted by molar-refractivity contribution is 0.125. The zero-order valence-electron chi connectivity index (χ0n) is 6.60. The van der Waals surface area contributed by atoms with Gasteiger partial charge in [0.2, 0.25) is 0 Å². The van der Waals surface area contributed by atoms with Gasteiger partial charge in [-0.2, -0.15) is 0 Å². The largest absolute Gasteiger partial charge is 0.314 e. The second kappa shape index (κ2) is 3.30. The molecule has 0 aromatic heterocycles. The van der Waals surface area contributed by atoms with Crippen molar-refractivity contribution in [3.8, 4) is 0 Å². The molecule has 0 aromatic carbocycles. The molecule has 10 heavy (non-hydrogen) atoms. The van der Waals surface area contributed by atoms with E-state index in [9.17, 15) is 4.39 Å². The van der Waals surface area contributed by atoms with Gasteiger partial charge in [-0.25, -0.2) is 4.39 Å². The van der Waals surface area contributed by atoms with Crippen molar-refractivity contribution in [2.24, 2.45) is 0 Å². The number of hydrogen-bond acceptors (Lipinski definition) is 2. The van der Waals surface area contributed by atoms with E-state index in [4.69, 9.17) is 0 Å². The Morgan fingerprint density at radius 2 is 2.20 bits per heavy atom. The summed E-state index contributed by atoms with van der Waals surface area (Å²) in [5, 5.41) is 3.02. The fraction of sp³-hybridized carbons (Fsp3) is 1.00. The highest BCUT2D eigenvalue weighted by Gasteiger charge is 2.25. The molecular weight excluding hydrogens is 131 g/mol. The minimum absolute atomic E-state index is 0.126. The van der Waals surface area contributed by atoms with Crippen molar-refractivity contribution in [3.05, 3.63) is 0 Å². The first-order valence-corrected chi connectivity index (χ1v) is 3.73. The molecule has 1 saturated heterocycles. The van der Waals surface area contributed by atoms with Gasteiger partial charge in [0.25, 0.3) is 0 Å². The third kappa shape index (κ3) is 1.67. The van der Waals surface area contributed by atoms with Crippen molar-refractivity contribution in [3.63, 3.8) is 0 Å². The van der Waals surface area contributed by atoms with Crippen molar-refractivity contribution < 1.29 is 4.39 Å². The Labute approximate surface area is 61.4 Å². The van der Waals surface area contributed by atoms with Crippen molar-refractivity contribution >= 4 is 0 Å². The molecule has 60 valence electrons. The number of rotatable bonds is 1. The lowest BCUT2D eigenvalue weighted by Gasteiger charge is -2.31. The van der Waals surface area contributed by atoms with E-state index < -0.39 is 6.17 Å². The van der Waals surface area contributed by atoms with E-state index in [1.807, 2.05) is 19.0 Å². The van der Waals surface area contributed by atoms with E-state index in [2.05, 4.69) is 5.32 Å². The van der Waals surface area contributed by atoms with Crippen LogP contribution >= 0.6 is 0 Å². The summed E-state index contributed by atoms with van der Waals surface area (Å²) in [6.45, 7) is 1.46. The Balaban J connectivity index is 2.40. The van der Waals surface area contributed by atoms with Crippen LogP contribution in [0.1, 0.15) is 6.42 Å². The van der Waals surface area contributed by atoms with Crippen LogP contribution in [0.25, 0.3) is 0 Å². The van der Waals surface area contributed by atoms with Crippen LogP contribution < -0.4 is 5.32 Å². The summed E-state index contributed by atoms with van der Waals surface area (Å²) in [4.78, 5) is 1.96. The highest BCUT2D eigenvalue weighted by Crippen LogP contribution is 2.11. The van der Waals surface area contributed by atoms with Crippen LogP contribution in [-0.2, 0) is 0 Å². The molecule has 0 bridgehead atoms. The van der Waals surface area contributed by atoms with Crippen molar-refractivity contribution in [1.82, 2.24) is 10.2 Å². The van der Waals surface area contributed by atoms with Gasteiger partial charge < -0.3 is 10.2 Å². The summed E-state index contributed by atoms with van der Waals surface area (Å²) >= 11 is 0.